The molecule has 2 aromatic rings. The average Bonchev–Trinajstić information content (AvgIpc) is 2.54. The van der Waals surface area contributed by atoms with E-state index in [4.69, 9.17) is 4.74 Å². The van der Waals surface area contributed by atoms with Gasteiger partial charge in [0.2, 0.25) is 0 Å². The highest BCUT2D eigenvalue weighted by Crippen LogP contribution is 2.18. The number of nitrogens with one attached hydrogen (secondary N) is 2. The fourth-order valence-electron chi connectivity index (χ4n) is 2.31. The highest BCUT2D eigenvalue weighted by molar-refractivity contribution is 5.73. The largest absolute Gasteiger partial charge is 0.491 e. The summed E-state index contributed by atoms with van der Waals surface area (Å²) >= 11 is 0. The molecule has 0 bridgehead atoms. The molecule has 0 saturated carbocycles. The number of carbonyl (C=O) groups is 1. The molecule has 0 fully saturated rings. The van der Waals surface area contributed by atoms with Crippen LogP contribution in [-0.4, -0.2) is 25.7 Å². The number of benzene rings is 2. The van der Waals surface area contributed by atoms with E-state index in [1.54, 1.807) is 0 Å². The zero-order chi connectivity index (χ0) is 16.5. The van der Waals surface area contributed by atoms with Gasteiger partial charge < -0.3 is 15.4 Å². The van der Waals surface area contributed by atoms with Gasteiger partial charge in [0, 0.05) is 6.54 Å². The van der Waals surface area contributed by atoms with E-state index in [0.717, 1.165) is 17.7 Å². The standard InChI is InChI=1S/C19H24N2O2/c1-15-8-9-18(16(2)14-15)23-13-12-21-19(22)20-11-10-17-6-4-3-5-7-17/h3-9,14H,10-13H2,1-2H3,(H2,20,21,22). The Morgan fingerprint density at radius 3 is 2.48 bits per heavy atom. The summed E-state index contributed by atoms with van der Waals surface area (Å²) in [6, 6.07) is 16.0. The van der Waals surface area contributed by atoms with Crippen LogP contribution in [0.2, 0.25) is 0 Å². The van der Waals surface area contributed by atoms with Gasteiger partial charge in [0.15, 0.2) is 0 Å². The number of hydrogen-bond donors (Lipinski definition) is 2. The lowest BCUT2D eigenvalue weighted by Gasteiger charge is -2.11. The van der Waals surface area contributed by atoms with Gasteiger partial charge in [-0.3, -0.25) is 0 Å². The highest BCUT2D eigenvalue weighted by Gasteiger charge is 2.01. The molecule has 2 aromatic carbocycles. The summed E-state index contributed by atoms with van der Waals surface area (Å²) in [6.07, 6.45) is 0.827. The van der Waals surface area contributed by atoms with Gasteiger partial charge in [-0.05, 0) is 37.5 Å². The van der Waals surface area contributed by atoms with E-state index in [1.807, 2.05) is 37.3 Å². The molecule has 2 N–H and O–H groups in total. The van der Waals surface area contributed by atoms with Crippen LogP contribution >= 0.6 is 0 Å². The van der Waals surface area contributed by atoms with Crippen molar-refractivity contribution < 1.29 is 9.53 Å². The van der Waals surface area contributed by atoms with Crippen LogP contribution in [0.15, 0.2) is 48.5 Å². The van der Waals surface area contributed by atoms with E-state index >= 15 is 0 Å². The molecule has 4 heteroatoms. The second-order valence-electron chi connectivity index (χ2n) is 5.54. The fraction of sp³-hybridized carbons (Fsp3) is 0.316. The topological polar surface area (TPSA) is 50.4 Å². The van der Waals surface area contributed by atoms with Crippen LogP contribution in [0, 0.1) is 13.8 Å². The summed E-state index contributed by atoms with van der Waals surface area (Å²) in [5, 5.41) is 5.64. The molecule has 0 atom stereocenters. The fourth-order valence-corrected chi connectivity index (χ4v) is 2.31. The zero-order valence-electron chi connectivity index (χ0n) is 13.8. The van der Waals surface area contributed by atoms with Gasteiger partial charge in [-0.15, -0.1) is 0 Å². The number of ether oxygens (including phenoxy) is 1. The maximum absolute atomic E-state index is 11.7. The van der Waals surface area contributed by atoms with Crippen molar-refractivity contribution in [3.05, 3.63) is 65.2 Å². The molecule has 0 aromatic heterocycles. The monoisotopic (exact) mass is 312 g/mol. The van der Waals surface area contributed by atoms with E-state index in [0.29, 0.717) is 19.7 Å². The molecule has 2 rings (SSSR count). The third-order valence-corrected chi connectivity index (χ3v) is 3.52. The molecule has 0 aliphatic carbocycles. The Kier molecular flexibility index (Phi) is 6.48. The quantitative estimate of drug-likeness (QED) is 0.771. The summed E-state index contributed by atoms with van der Waals surface area (Å²) in [4.78, 5) is 11.7. The molecule has 0 aliphatic rings. The van der Waals surface area contributed by atoms with E-state index in [9.17, 15) is 4.79 Å². The molecule has 0 aliphatic heterocycles. The second-order valence-corrected chi connectivity index (χ2v) is 5.54. The van der Waals surface area contributed by atoms with E-state index in [2.05, 4.69) is 35.8 Å². The van der Waals surface area contributed by atoms with Crippen molar-refractivity contribution in [3.8, 4) is 5.75 Å². The minimum absolute atomic E-state index is 0.162. The van der Waals surface area contributed by atoms with Crippen LogP contribution in [0.4, 0.5) is 4.79 Å². The summed E-state index contributed by atoms with van der Waals surface area (Å²) in [6.45, 7) is 5.62. The molecule has 2 amide bonds. The number of aryl methyl sites for hydroxylation is 2. The molecule has 4 nitrogen and oxygen atoms in total. The van der Waals surface area contributed by atoms with E-state index in [-0.39, 0.29) is 6.03 Å². The molecule has 0 saturated heterocycles. The molecular formula is C19H24N2O2. The van der Waals surface area contributed by atoms with Crippen LogP contribution in [0.5, 0.6) is 5.75 Å². The van der Waals surface area contributed by atoms with Crippen LogP contribution < -0.4 is 15.4 Å². The number of rotatable bonds is 7. The maximum Gasteiger partial charge on any atom is 0.314 e. The first-order valence-electron chi connectivity index (χ1n) is 7.91. The van der Waals surface area contributed by atoms with Crippen molar-refractivity contribution in [2.24, 2.45) is 0 Å². The van der Waals surface area contributed by atoms with Crippen molar-refractivity contribution in [2.45, 2.75) is 20.3 Å². The molecule has 122 valence electrons. The average molecular weight is 312 g/mol. The number of urea groups is 1. The van der Waals surface area contributed by atoms with Gasteiger partial charge in [0.25, 0.3) is 0 Å². The SMILES string of the molecule is Cc1ccc(OCCNC(=O)NCCc2ccccc2)c(C)c1. The lowest BCUT2D eigenvalue weighted by atomic mass is 10.1. The van der Waals surface area contributed by atoms with Gasteiger partial charge in [0.05, 0.1) is 6.54 Å². The molecule has 0 heterocycles. The Labute approximate surface area is 137 Å². The molecule has 0 radical (unpaired) electrons. The van der Waals surface area contributed by atoms with Crippen molar-refractivity contribution in [1.29, 1.82) is 0 Å². The predicted molar refractivity (Wildman–Crippen MR) is 93.0 cm³/mol. The van der Waals surface area contributed by atoms with Crippen LogP contribution in [-0.2, 0) is 6.42 Å². The van der Waals surface area contributed by atoms with E-state index in [1.165, 1.54) is 11.1 Å². The smallest absolute Gasteiger partial charge is 0.314 e. The first-order valence-corrected chi connectivity index (χ1v) is 7.91. The Bertz CT molecular complexity index is 627. The lowest BCUT2D eigenvalue weighted by molar-refractivity contribution is 0.236. The molecule has 23 heavy (non-hydrogen) atoms. The first-order chi connectivity index (χ1) is 11.1. The minimum Gasteiger partial charge on any atom is -0.491 e. The number of amides is 2. The molecule has 0 unspecified atom stereocenters. The summed E-state index contributed by atoms with van der Waals surface area (Å²) in [7, 11) is 0. The van der Waals surface area contributed by atoms with Gasteiger partial charge in [0.1, 0.15) is 12.4 Å². The van der Waals surface area contributed by atoms with E-state index < -0.39 is 0 Å². The highest BCUT2D eigenvalue weighted by atomic mass is 16.5. The van der Waals surface area contributed by atoms with Gasteiger partial charge in [-0.25, -0.2) is 4.79 Å². The maximum atomic E-state index is 11.7. The third-order valence-electron chi connectivity index (χ3n) is 3.52. The predicted octanol–water partition coefficient (Wildman–Crippen LogP) is 3.22. The Morgan fingerprint density at radius 1 is 1.00 bits per heavy atom. The minimum atomic E-state index is -0.162. The third kappa shape index (κ3) is 6.02. The Balaban J connectivity index is 1.59. The molecular weight excluding hydrogens is 288 g/mol. The van der Waals surface area contributed by atoms with Crippen LogP contribution in [0.3, 0.4) is 0 Å². The van der Waals surface area contributed by atoms with Gasteiger partial charge >= 0.3 is 6.03 Å². The normalized spacial score (nSPS) is 10.2. The number of hydrogen-bond acceptors (Lipinski definition) is 2. The number of carbonyl (C=O) groups excluding carboxylic acids is 1. The van der Waals surface area contributed by atoms with Gasteiger partial charge in [-0.2, -0.15) is 0 Å². The summed E-state index contributed by atoms with van der Waals surface area (Å²) in [5.74, 6) is 0.863. The Morgan fingerprint density at radius 2 is 1.74 bits per heavy atom. The lowest BCUT2D eigenvalue weighted by Crippen LogP contribution is -2.38. The van der Waals surface area contributed by atoms with Crippen molar-refractivity contribution in [1.82, 2.24) is 10.6 Å². The van der Waals surface area contributed by atoms with Crippen molar-refractivity contribution >= 4 is 6.03 Å². The summed E-state index contributed by atoms with van der Waals surface area (Å²) in [5.41, 5.74) is 3.54. The van der Waals surface area contributed by atoms with Crippen LogP contribution in [0.25, 0.3) is 0 Å². The zero-order valence-corrected chi connectivity index (χ0v) is 13.8. The van der Waals surface area contributed by atoms with Crippen molar-refractivity contribution in [2.75, 3.05) is 19.7 Å². The second kappa shape index (κ2) is 8.83. The van der Waals surface area contributed by atoms with Crippen LogP contribution in [0.1, 0.15) is 16.7 Å². The molecule has 0 spiro atoms. The van der Waals surface area contributed by atoms with Gasteiger partial charge in [-0.1, -0.05) is 48.0 Å². The Hall–Kier alpha value is -2.49. The van der Waals surface area contributed by atoms with Crippen molar-refractivity contribution in [3.63, 3.8) is 0 Å². The summed E-state index contributed by atoms with van der Waals surface area (Å²) < 4.78 is 5.67. The first kappa shape index (κ1) is 16.9.